The van der Waals surface area contributed by atoms with Crippen molar-refractivity contribution in [2.45, 2.75) is 190 Å². The number of alkyl halides is 2. The Morgan fingerprint density at radius 2 is 0.575 bits per heavy atom. The molecule has 0 aromatic rings. The minimum Gasteiger partial charge on any atom is -0.394 e. The Bertz CT molecular complexity index is 1680. The first kappa shape index (κ1) is 60.8. The highest BCUT2D eigenvalue weighted by Gasteiger charge is 2.58. The van der Waals surface area contributed by atoms with Crippen LogP contribution in [0.25, 0.3) is 0 Å². The maximum atomic E-state index is 14.0. The lowest BCUT2D eigenvalue weighted by molar-refractivity contribution is -0.405. The summed E-state index contributed by atoms with van der Waals surface area (Å²) in [7, 11) is 0. The topological polar surface area (TPSA) is 521 Å². The highest BCUT2D eigenvalue weighted by molar-refractivity contribution is 5.00. The molecule has 428 valence electrons. The van der Waals surface area contributed by atoms with Crippen molar-refractivity contribution in [3.05, 3.63) is 0 Å². The molecule has 0 aromatic heterocycles. The van der Waals surface area contributed by atoms with E-state index in [1.54, 1.807) is 0 Å². The number of hydrogen-bond donors (Lipinski definition) is 20. The van der Waals surface area contributed by atoms with Gasteiger partial charge in [-0.2, -0.15) is 0 Å². The fourth-order valence-corrected chi connectivity index (χ4v) is 8.86. The third-order valence-corrected chi connectivity index (χ3v) is 13.2. The van der Waals surface area contributed by atoms with Crippen LogP contribution in [-0.2, 0) is 56.8 Å². The average Bonchev–Trinajstić information content (AvgIpc) is 3.37. The standard InChI is InChI=1S/C39H67F2NO31/c40-39(41,7-42)8-62-33-24(58)28(17(51)11(3-45)63-33)70-36-27(61)31(20(54)14(6-48)66-36)72-38-32(22(56)16(50)10(2-44)68-38)73-37-26(60)30(19(53)13(5-47)67-37)71-35-25(59)29(18(52)12(4-46)65-35)69-34-23(57)21(55)15(49)9(1-43)64-34/h9-38,43-61H,1-8,42H2/t9?,10?,11?,12?,13?,14?,15-,16-,17-,18-,19-,20-,21+,22+,23?,24?,25?,26?,27?,28+,29+,30+,31+,32?,33+,34-,35-,36-,37-,38-/m1/s1. The number of ether oxygens (including phenoxy) is 12. The van der Waals surface area contributed by atoms with Crippen LogP contribution in [-0.4, -0.2) is 340 Å². The van der Waals surface area contributed by atoms with E-state index in [1.807, 2.05) is 0 Å². The van der Waals surface area contributed by atoms with Crippen LogP contribution < -0.4 is 5.73 Å². The lowest BCUT2D eigenvalue weighted by Crippen LogP contribution is -2.68. The Morgan fingerprint density at radius 1 is 0.315 bits per heavy atom. The van der Waals surface area contributed by atoms with Gasteiger partial charge < -0.3 is 160 Å². The molecule has 32 nitrogen and oxygen atoms in total. The zero-order valence-electron chi connectivity index (χ0n) is 38.2. The Morgan fingerprint density at radius 3 is 0.918 bits per heavy atom. The molecule has 6 fully saturated rings. The summed E-state index contributed by atoms with van der Waals surface area (Å²) >= 11 is 0. The van der Waals surface area contributed by atoms with E-state index in [2.05, 4.69) is 0 Å². The average molecular weight is 1080 g/mol. The molecule has 0 radical (unpaired) electrons. The van der Waals surface area contributed by atoms with E-state index in [-0.39, 0.29) is 0 Å². The van der Waals surface area contributed by atoms with Gasteiger partial charge in [-0.1, -0.05) is 0 Å². The number of aliphatic hydroxyl groups excluding tert-OH is 19. The van der Waals surface area contributed by atoms with Crippen molar-refractivity contribution in [1.29, 1.82) is 0 Å². The minimum atomic E-state index is -3.63. The second kappa shape index (κ2) is 26.0. The van der Waals surface area contributed by atoms with Crippen LogP contribution in [0.2, 0.25) is 0 Å². The zero-order chi connectivity index (χ0) is 54.0. The maximum absolute atomic E-state index is 14.0. The summed E-state index contributed by atoms with van der Waals surface area (Å²) < 4.78 is 94.2. The van der Waals surface area contributed by atoms with Crippen LogP contribution in [0.15, 0.2) is 0 Å². The van der Waals surface area contributed by atoms with E-state index >= 15 is 0 Å². The van der Waals surface area contributed by atoms with Crippen molar-refractivity contribution in [1.82, 2.24) is 0 Å². The van der Waals surface area contributed by atoms with Gasteiger partial charge in [0.25, 0.3) is 5.92 Å². The molecule has 0 saturated carbocycles. The Balaban J connectivity index is 1.22. The van der Waals surface area contributed by atoms with E-state index in [0.29, 0.717) is 0 Å². The van der Waals surface area contributed by atoms with Crippen molar-refractivity contribution in [3.63, 3.8) is 0 Å². The van der Waals surface area contributed by atoms with Crippen molar-refractivity contribution in [2.24, 2.45) is 5.73 Å². The molecular formula is C39H67F2NO31. The molecule has 34 heteroatoms. The van der Waals surface area contributed by atoms with Gasteiger partial charge in [0.1, 0.15) is 153 Å². The van der Waals surface area contributed by atoms with Crippen LogP contribution in [0.1, 0.15) is 0 Å². The number of rotatable bonds is 20. The number of halogens is 2. The number of hydrogen-bond acceptors (Lipinski definition) is 32. The second-order valence-electron chi connectivity index (χ2n) is 18.1. The zero-order valence-corrected chi connectivity index (χ0v) is 38.2. The molecule has 0 bridgehead atoms. The van der Waals surface area contributed by atoms with E-state index in [4.69, 9.17) is 62.6 Å². The Labute approximate surface area is 411 Å². The molecule has 0 spiro atoms. The molecule has 6 aliphatic heterocycles. The second-order valence-corrected chi connectivity index (χ2v) is 18.1. The molecule has 0 aliphatic carbocycles. The lowest BCUT2D eigenvalue weighted by atomic mass is 9.95. The quantitative estimate of drug-likeness (QED) is 0.0538. The Hall–Kier alpha value is -1.42. The predicted octanol–water partition coefficient (Wildman–Crippen LogP) is -13.5. The molecule has 0 amide bonds. The van der Waals surface area contributed by atoms with Crippen LogP contribution in [0, 0.1) is 0 Å². The SMILES string of the molecule is NCC(F)(F)CO[C@H]1OC(CO)[C@@H](O)[C@H](O[C@H]2OC(CO)[C@@H](O)[C@H](O[C@H]3OC(CO)[C@@H](O)[C@H](O)C3O[C@H]3OC(CO)[C@@H](O)[C@H](O[C@H]4OC(CO)[C@@H](O)[C@H](O[C@H]5OC(CO)[C@@H](O)[C@H](O)C5O)C4O)C3O)C2O)C1O. The van der Waals surface area contributed by atoms with E-state index in [1.165, 1.54) is 0 Å². The molecule has 12 unspecified atom stereocenters. The van der Waals surface area contributed by atoms with E-state index in [0.717, 1.165) is 0 Å². The van der Waals surface area contributed by atoms with Gasteiger partial charge in [0.05, 0.1) is 46.2 Å². The predicted molar refractivity (Wildman–Crippen MR) is 217 cm³/mol. The fourth-order valence-electron chi connectivity index (χ4n) is 8.86. The largest absolute Gasteiger partial charge is 0.394 e. The smallest absolute Gasteiger partial charge is 0.283 e. The van der Waals surface area contributed by atoms with Gasteiger partial charge in [0.2, 0.25) is 0 Å². The summed E-state index contributed by atoms with van der Waals surface area (Å²) in [6.07, 6.45) is -60.9. The summed E-state index contributed by atoms with van der Waals surface area (Å²) in [5, 5.41) is 203. The summed E-state index contributed by atoms with van der Waals surface area (Å²) in [6.45, 7) is -8.74. The van der Waals surface area contributed by atoms with E-state index in [9.17, 15) is 106 Å². The highest BCUT2D eigenvalue weighted by Crippen LogP contribution is 2.37. The monoisotopic (exact) mass is 1080 g/mol. The molecule has 73 heavy (non-hydrogen) atoms. The third kappa shape index (κ3) is 13.0. The van der Waals surface area contributed by atoms with E-state index < -0.39 is 243 Å². The first-order chi connectivity index (χ1) is 34.5. The van der Waals surface area contributed by atoms with Gasteiger partial charge >= 0.3 is 0 Å². The van der Waals surface area contributed by atoms with Crippen molar-refractivity contribution in [3.8, 4) is 0 Å². The summed E-state index contributed by atoms with van der Waals surface area (Å²) in [4.78, 5) is 0. The lowest BCUT2D eigenvalue weighted by Gasteiger charge is -2.50. The number of nitrogens with two attached hydrogens (primary N) is 1. The molecule has 6 heterocycles. The molecule has 0 aromatic carbocycles. The van der Waals surface area contributed by atoms with Crippen LogP contribution in [0.5, 0.6) is 0 Å². The summed E-state index contributed by atoms with van der Waals surface area (Å²) in [5.74, 6) is -3.63. The van der Waals surface area contributed by atoms with Crippen molar-refractivity contribution in [2.75, 3.05) is 52.8 Å². The summed E-state index contributed by atoms with van der Waals surface area (Å²) in [5.41, 5.74) is 5.03. The molecular weight excluding hydrogens is 1020 g/mol. The maximum Gasteiger partial charge on any atom is 0.283 e. The summed E-state index contributed by atoms with van der Waals surface area (Å²) in [6, 6.07) is 0. The van der Waals surface area contributed by atoms with Gasteiger partial charge in [-0.15, -0.1) is 0 Å². The van der Waals surface area contributed by atoms with Crippen molar-refractivity contribution >= 4 is 0 Å². The molecule has 6 saturated heterocycles. The first-order valence-electron chi connectivity index (χ1n) is 22.9. The van der Waals surface area contributed by atoms with Crippen molar-refractivity contribution < 1.29 is 163 Å². The fraction of sp³-hybridized carbons (Fsp3) is 1.00. The highest BCUT2D eigenvalue weighted by atomic mass is 19.3. The van der Waals surface area contributed by atoms with Crippen LogP contribution in [0.4, 0.5) is 8.78 Å². The van der Waals surface area contributed by atoms with Crippen LogP contribution >= 0.6 is 0 Å². The number of aliphatic hydroxyl groups is 19. The van der Waals surface area contributed by atoms with Gasteiger partial charge in [-0.05, 0) is 0 Å². The minimum absolute atomic E-state index is 0.897. The van der Waals surface area contributed by atoms with Gasteiger partial charge in [0, 0.05) is 0 Å². The molecule has 6 aliphatic rings. The van der Waals surface area contributed by atoms with Gasteiger partial charge in [-0.25, -0.2) is 8.78 Å². The van der Waals surface area contributed by atoms with Gasteiger partial charge in [0.15, 0.2) is 37.7 Å². The third-order valence-electron chi connectivity index (χ3n) is 13.2. The molecule has 21 N–H and O–H groups in total. The Kier molecular flexibility index (Phi) is 21.7. The molecule has 6 rings (SSSR count). The normalized spacial score (nSPS) is 50.2. The molecule has 30 atom stereocenters. The van der Waals surface area contributed by atoms with Crippen LogP contribution in [0.3, 0.4) is 0 Å². The van der Waals surface area contributed by atoms with Gasteiger partial charge in [-0.3, -0.25) is 0 Å². The first-order valence-corrected chi connectivity index (χ1v) is 22.9.